The highest BCUT2D eigenvalue weighted by atomic mass is 35.5. The number of hydrogen-bond donors (Lipinski definition) is 2. The zero-order chi connectivity index (χ0) is 12.3. The van der Waals surface area contributed by atoms with Crippen LogP contribution >= 0.6 is 23.7 Å². The minimum absolute atomic E-state index is 0. The Kier molecular flexibility index (Phi) is 6.12. The first-order chi connectivity index (χ1) is 8.20. The first-order valence-corrected chi connectivity index (χ1v) is 7.15. The van der Waals surface area contributed by atoms with Crippen molar-refractivity contribution in [1.29, 1.82) is 0 Å². The number of likely N-dealkylation sites (N-methyl/N-ethyl adjacent to an activating group) is 1. The normalized spacial score (nSPS) is 14.8. The molecule has 1 aromatic heterocycles. The van der Waals surface area contributed by atoms with Gasteiger partial charge in [-0.3, -0.25) is 4.79 Å². The fraction of sp³-hybridized carbons (Fsp3) is 0.615. The van der Waals surface area contributed by atoms with E-state index in [4.69, 9.17) is 0 Å². The van der Waals surface area contributed by atoms with E-state index in [1.807, 2.05) is 0 Å². The molecule has 1 heterocycles. The van der Waals surface area contributed by atoms with Gasteiger partial charge < -0.3 is 10.6 Å². The quantitative estimate of drug-likeness (QED) is 0.873. The van der Waals surface area contributed by atoms with Crippen LogP contribution in [0.3, 0.4) is 0 Å². The molecule has 0 aromatic carbocycles. The first kappa shape index (κ1) is 15.5. The molecular weight excluding hydrogens is 268 g/mol. The minimum atomic E-state index is 0. The molecule has 2 N–H and O–H groups in total. The van der Waals surface area contributed by atoms with Crippen LogP contribution in [0.15, 0.2) is 6.07 Å². The Bertz CT molecular complexity index is 384. The van der Waals surface area contributed by atoms with Crippen molar-refractivity contribution in [2.75, 3.05) is 13.1 Å². The second-order valence-corrected chi connectivity index (χ2v) is 5.72. The lowest BCUT2D eigenvalue weighted by Crippen LogP contribution is -2.38. The molecule has 1 amide bonds. The average Bonchev–Trinajstić information content (AvgIpc) is 2.86. The van der Waals surface area contributed by atoms with E-state index in [1.54, 1.807) is 11.3 Å². The summed E-state index contributed by atoms with van der Waals surface area (Å²) in [4.78, 5) is 14.2. The molecule has 0 fully saturated rings. The monoisotopic (exact) mass is 288 g/mol. The standard InChI is InChI=1S/C13H20N2OS.ClH/c1-3-14-9(2)8-15-13(16)12-7-10-5-4-6-11(10)17-12;/h7,9,14H,3-6,8H2,1-2H3,(H,15,16);1H/t9-;/m1./s1. The van der Waals surface area contributed by atoms with Crippen LogP contribution in [0.5, 0.6) is 0 Å². The molecule has 1 atom stereocenters. The Morgan fingerprint density at radius 3 is 2.94 bits per heavy atom. The Balaban J connectivity index is 0.00000162. The molecule has 1 aliphatic rings. The SMILES string of the molecule is CCN[C@H](C)CNC(=O)c1cc2c(s1)CCC2.Cl. The van der Waals surface area contributed by atoms with Gasteiger partial charge in [0.15, 0.2) is 0 Å². The van der Waals surface area contributed by atoms with Gasteiger partial charge in [0.25, 0.3) is 5.91 Å². The highest BCUT2D eigenvalue weighted by Gasteiger charge is 2.18. The van der Waals surface area contributed by atoms with Crippen molar-refractivity contribution in [3.63, 3.8) is 0 Å². The van der Waals surface area contributed by atoms with E-state index >= 15 is 0 Å². The van der Waals surface area contributed by atoms with E-state index in [9.17, 15) is 4.79 Å². The summed E-state index contributed by atoms with van der Waals surface area (Å²) in [6.07, 6.45) is 3.55. The second-order valence-electron chi connectivity index (χ2n) is 4.58. The third kappa shape index (κ3) is 3.70. The summed E-state index contributed by atoms with van der Waals surface area (Å²) in [5.41, 5.74) is 1.39. The smallest absolute Gasteiger partial charge is 0.261 e. The second kappa shape index (κ2) is 7.12. The molecule has 1 aromatic rings. The van der Waals surface area contributed by atoms with Crippen molar-refractivity contribution in [2.24, 2.45) is 0 Å². The number of aryl methyl sites for hydroxylation is 2. The van der Waals surface area contributed by atoms with Crippen LogP contribution < -0.4 is 10.6 Å². The summed E-state index contributed by atoms with van der Waals surface area (Å²) in [7, 11) is 0. The van der Waals surface area contributed by atoms with Gasteiger partial charge in [0.1, 0.15) is 0 Å². The summed E-state index contributed by atoms with van der Waals surface area (Å²) in [5, 5.41) is 6.26. The van der Waals surface area contributed by atoms with Gasteiger partial charge in [-0.2, -0.15) is 0 Å². The van der Waals surface area contributed by atoms with Crippen molar-refractivity contribution in [3.8, 4) is 0 Å². The lowest BCUT2D eigenvalue weighted by atomic mass is 10.2. The molecule has 3 nitrogen and oxygen atoms in total. The molecule has 0 saturated heterocycles. The zero-order valence-electron chi connectivity index (χ0n) is 10.9. The molecular formula is C13H21ClN2OS. The summed E-state index contributed by atoms with van der Waals surface area (Å²) in [6, 6.07) is 2.40. The van der Waals surface area contributed by atoms with Crippen molar-refractivity contribution in [2.45, 2.75) is 39.2 Å². The number of halogens is 1. The van der Waals surface area contributed by atoms with Crippen LogP contribution in [-0.2, 0) is 12.8 Å². The molecule has 0 aliphatic heterocycles. The highest BCUT2D eigenvalue weighted by Crippen LogP contribution is 2.30. The largest absolute Gasteiger partial charge is 0.350 e. The number of hydrogen-bond acceptors (Lipinski definition) is 3. The third-order valence-electron chi connectivity index (χ3n) is 3.09. The Morgan fingerprint density at radius 1 is 1.50 bits per heavy atom. The Hall–Kier alpha value is -0.580. The van der Waals surface area contributed by atoms with Gasteiger partial charge >= 0.3 is 0 Å². The van der Waals surface area contributed by atoms with Crippen molar-refractivity contribution in [1.82, 2.24) is 10.6 Å². The maximum absolute atomic E-state index is 11.9. The van der Waals surface area contributed by atoms with Crippen molar-refractivity contribution < 1.29 is 4.79 Å². The van der Waals surface area contributed by atoms with Gasteiger partial charge in [-0.15, -0.1) is 23.7 Å². The number of amides is 1. The molecule has 0 radical (unpaired) electrons. The van der Waals surface area contributed by atoms with Gasteiger partial charge in [0.2, 0.25) is 0 Å². The van der Waals surface area contributed by atoms with E-state index in [1.165, 1.54) is 16.9 Å². The van der Waals surface area contributed by atoms with Crippen LogP contribution in [0.1, 0.15) is 40.4 Å². The maximum atomic E-state index is 11.9. The first-order valence-electron chi connectivity index (χ1n) is 6.34. The molecule has 0 spiro atoms. The summed E-state index contributed by atoms with van der Waals surface area (Å²) in [6.45, 7) is 5.78. The number of nitrogens with one attached hydrogen (secondary N) is 2. The van der Waals surface area contributed by atoms with Crippen LogP contribution in [0.2, 0.25) is 0 Å². The van der Waals surface area contributed by atoms with Gasteiger partial charge in [-0.25, -0.2) is 0 Å². The van der Waals surface area contributed by atoms with Crippen molar-refractivity contribution in [3.05, 3.63) is 21.4 Å². The van der Waals surface area contributed by atoms with E-state index in [2.05, 4.69) is 30.5 Å². The van der Waals surface area contributed by atoms with Crippen molar-refractivity contribution >= 4 is 29.7 Å². The van der Waals surface area contributed by atoms with Crippen LogP contribution in [0, 0.1) is 0 Å². The summed E-state index contributed by atoms with van der Waals surface area (Å²) >= 11 is 1.66. The minimum Gasteiger partial charge on any atom is -0.350 e. The fourth-order valence-electron chi connectivity index (χ4n) is 2.19. The third-order valence-corrected chi connectivity index (χ3v) is 4.33. The molecule has 5 heteroatoms. The number of rotatable bonds is 5. The lowest BCUT2D eigenvalue weighted by Gasteiger charge is -2.12. The zero-order valence-corrected chi connectivity index (χ0v) is 12.5. The summed E-state index contributed by atoms with van der Waals surface area (Å²) < 4.78 is 0. The predicted octanol–water partition coefficient (Wildman–Crippen LogP) is 2.39. The highest BCUT2D eigenvalue weighted by molar-refractivity contribution is 7.14. The van der Waals surface area contributed by atoms with Crippen LogP contribution in [0.25, 0.3) is 0 Å². The summed E-state index contributed by atoms with van der Waals surface area (Å²) in [5.74, 6) is 0.0779. The van der Waals surface area contributed by atoms with E-state index in [-0.39, 0.29) is 18.3 Å². The number of fused-ring (bicyclic) bond motifs is 1. The number of thiophene rings is 1. The Morgan fingerprint density at radius 2 is 2.28 bits per heavy atom. The number of carbonyl (C=O) groups is 1. The molecule has 2 rings (SSSR count). The molecule has 18 heavy (non-hydrogen) atoms. The van der Waals surface area contributed by atoms with Gasteiger partial charge in [0.05, 0.1) is 4.88 Å². The van der Waals surface area contributed by atoms with Gasteiger partial charge in [-0.1, -0.05) is 6.92 Å². The average molecular weight is 289 g/mol. The molecule has 0 bridgehead atoms. The van der Waals surface area contributed by atoms with Crippen LogP contribution in [-0.4, -0.2) is 25.0 Å². The fourth-order valence-corrected chi connectivity index (χ4v) is 3.36. The van der Waals surface area contributed by atoms with E-state index < -0.39 is 0 Å². The number of carbonyl (C=O) groups excluding carboxylic acids is 1. The topological polar surface area (TPSA) is 41.1 Å². The van der Waals surface area contributed by atoms with E-state index in [0.717, 1.165) is 24.3 Å². The lowest BCUT2D eigenvalue weighted by molar-refractivity contribution is 0.0954. The van der Waals surface area contributed by atoms with Crippen LogP contribution in [0.4, 0.5) is 0 Å². The van der Waals surface area contributed by atoms with E-state index in [0.29, 0.717) is 12.6 Å². The van der Waals surface area contributed by atoms with Gasteiger partial charge in [-0.05, 0) is 44.4 Å². The predicted molar refractivity (Wildman–Crippen MR) is 79.1 cm³/mol. The molecule has 0 unspecified atom stereocenters. The Labute approximate surface area is 119 Å². The van der Waals surface area contributed by atoms with Gasteiger partial charge in [0, 0.05) is 17.5 Å². The molecule has 0 saturated carbocycles. The molecule has 102 valence electrons. The molecule has 1 aliphatic carbocycles. The maximum Gasteiger partial charge on any atom is 0.261 e.